The Labute approximate surface area is 161 Å². The lowest BCUT2D eigenvalue weighted by molar-refractivity contribution is -0.121. The molecule has 26 heavy (non-hydrogen) atoms. The average Bonchev–Trinajstić information content (AvgIpc) is 2.63. The van der Waals surface area contributed by atoms with E-state index in [-0.39, 0.29) is 12.5 Å². The largest absolute Gasteiger partial charge is 0.492 e. The molecule has 0 aliphatic carbocycles. The number of halogens is 1. The molecule has 2 aromatic rings. The second kappa shape index (κ2) is 8.33. The zero-order chi connectivity index (χ0) is 18.5. The molecule has 0 unspecified atom stereocenters. The molecule has 1 aliphatic heterocycles. The summed E-state index contributed by atoms with van der Waals surface area (Å²) >= 11 is 3.46. The first-order chi connectivity index (χ1) is 12.5. The van der Waals surface area contributed by atoms with Crippen molar-refractivity contribution in [2.45, 2.75) is 0 Å². The van der Waals surface area contributed by atoms with Crippen LogP contribution in [0.25, 0.3) is 0 Å². The van der Waals surface area contributed by atoms with Gasteiger partial charge in [0.25, 0.3) is 5.91 Å². The minimum atomic E-state index is -0.218. The van der Waals surface area contributed by atoms with E-state index in [1.54, 1.807) is 0 Å². The highest BCUT2D eigenvalue weighted by Gasteiger charge is 2.25. The maximum Gasteiger partial charge on any atom is 0.285 e. The van der Waals surface area contributed by atoms with Gasteiger partial charge in [-0.05, 0) is 66.4 Å². The monoisotopic (exact) mass is 417 g/mol. The van der Waals surface area contributed by atoms with Crippen LogP contribution in [-0.2, 0) is 9.53 Å². The second-order valence-electron chi connectivity index (χ2n) is 6.03. The van der Waals surface area contributed by atoms with Gasteiger partial charge < -0.3 is 14.4 Å². The first kappa shape index (κ1) is 18.4. The van der Waals surface area contributed by atoms with Crippen molar-refractivity contribution in [2.75, 3.05) is 38.9 Å². The highest BCUT2D eigenvalue weighted by Crippen LogP contribution is 2.28. The maximum absolute atomic E-state index is 12.2. The molecule has 0 saturated carbocycles. The number of likely N-dealkylation sites (N-methyl/N-ethyl adjacent to an activating group) is 1. The van der Waals surface area contributed by atoms with Gasteiger partial charge in [0.1, 0.15) is 12.4 Å². The third-order valence-electron chi connectivity index (χ3n) is 3.75. The number of carbonyl (C=O) groups excluding carboxylic acids is 1. The Morgan fingerprint density at radius 1 is 1.19 bits per heavy atom. The molecule has 0 atom stereocenters. The highest BCUT2D eigenvalue weighted by atomic mass is 79.9. The molecular formula is C19H20BrN3O3. The van der Waals surface area contributed by atoms with Gasteiger partial charge in [0, 0.05) is 16.6 Å². The summed E-state index contributed by atoms with van der Waals surface area (Å²) in [6.07, 6.45) is 0. The SMILES string of the molecule is CN(C)CCOc1ccc(C2=NN(c3ccccc3Br)C(=O)CO2)cc1. The number of hydrogen-bond donors (Lipinski definition) is 0. The van der Waals surface area contributed by atoms with E-state index in [0.717, 1.165) is 22.3 Å². The van der Waals surface area contributed by atoms with Crippen molar-refractivity contribution in [1.29, 1.82) is 0 Å². The summed E-state index contributed by atoms with van der Waals surface area (Å²) in [6, 6.07) is 14.9. The molecule has 0 saturated heterocycles. The molecule has 1 heterocycles. The van der Waals surface area contributed by atoms with Gasteiger partial charge in [-0.2, -0.15) is 5.01 Å². The van der Waals surface area contributed by atoms with E-state index in [2.05, 4.69) is 25.9 Å². The van der Waals surface area contributed by atoms with Gasteiger partial charge in [-0.3, -0.25) is 4.79 Å². The van der Waals surface area contributed by atoms with Crippen molar-refractivity contribution in [1.82, 2.24) is 4.90 Å². The normalized spacial score (nSPS) is 14.2. The summed E-state index contributed by atoms with van der Waals surface area (Å²) in [5.74, 6) is 0.968. The van der Waals surface area contributed by atoms with Crippen LogP contribution in [0.4, 0.5) is 5.69 Å². The predicted octanol–water partition coefficient (Wildman–Crippen LogP) is 3.11. The van der Waals surface area contributed by atoms with Gasteiger partial charge in [-0.15, -0.1) is 5.10 Å². The van der Waals surface area contributed by atoms with Crippen molar-refractivity contribution in [2.24, 2.45) is 5.10 Å². The lowest BCUT2D eigenvalue weighted by Crippen LogP contribution is -2.37. The molecule has 0 radical (unpaired) electrons. The van der Waals surface area contributed by atoms with Crippen molar-refractivity contribution < 1.29 is 14.3 Å². The molecule has 1 amide bonds. The summed E-state index contributed by atoms with van der Waals surface area (Å²) < 4.78 is 12.0. The van der Waals surface area contributed by atoms with Gasteiger partial charge in [-0.25, -0.2) is 0 Å². The van der Waals surface area contributed by atoms with Gasteiger partial charge in [0.05, 0.1) is 5.69 Å². The van der Waals surface area contributed by atoms with Crippen LogP contribution in [-0.4, -0.2) is 50.6 Å². The molecule has 0 aromatic heterocycles. The van der Waals surface area contributed by atoms with Crippen LogP contribution in [0.1, 0.15) is 5.56 Å². The first-order valence-electron chi connectivity index (χ1n) is 8.21. The van der Waals surface area contributed by atoms with Crippen LogP contribution in [0.3, 0.4) is 0 Å². The standard InChI is InChI=1S/C19H20BrN3O3/c1-22(2)11-12-25-15-9-7-14(8-10-15)19-21-23(18(24)13-26-19)17-6-4-3-5-16(17)20/h3-10H,11-13H2,1-2H3. The molecule has 0 spiro atoms. The maximum atomic E-state index is 12.2. The van der Waals surface area contributed by atoms with Gasteiger partial charge in [0.15, 0.2) is 6.61 Å². The Kier molecular flexibility index (Phi) is 5.90. The van der Waals surface area contributed by atoms with Crippen molar-refractivity contribution in [3.05, 3.63) is 58.6 Å². The van der Waals surface area contributed by atoms with Crippen LogP contribution >= 0.6 is 15.9 Å². The first-order valence-corrected chi connectivity index (χ1v) is 9.01. The van der Waals surface area contributed by atoms with E-state index >= 15 is 0 Å². The van der Waals surface area contributed by atoms with Gasteiger partial charge in [-0.1, -0.05) is 12.1 Å². The molecule has 6 nitrogen and oxygen atoms in total. The number of anilines is 1. The molecule has 0 fully saturated rings. The number of benzene rings is 2. The number of hydrazone groups is 1. The fraction of sp³-hybridized carbons (Fsp3) is 0.263. The zero-order valence-electron chi connectivity index (χ0n) is 14.7. The lowest BCUT2D eigenvalue weighted by Gasteiger charge is -2.24. The van der Waals surface area contributed by atoms with Gasteiger partial charge >= 0.3 is 0 Å². The van der Waals surface area contributed by atoms with Crippen LogP contribution in [0.15, 0.2) is 58.1 Å². The van der Waals surface area contributed by atoms with Crippen LogP contribution in [0, 0.1) is 0 Å². The Bertz CT molecular complexity index is 806. The predicted molar refractivity (Wildman–Crippen MR) is 105 cm³/mol. The van der Waals surface area contributed by atoms with Crippen molar-refractivity contribution >= 4 is 33.4 Å². The molecule has 0 N–H and O–H groups in total. The van der Waals surface area contributed by atoms with Crippen molar-refractivity contribution in [3.63, 3.8) is 0 Å². The smallest absolute Gasteiger partial charge is 0.285 e. The van der Waals surface area contributed by atoms with Gasteiger partial charge in [0.2, 0.25) is 5.90 Å². The number of rotatable bonds is 6. The van der Waals surface area contributed by atoms with E-state index < -0.39 is 0 Å². The van der Waals surface area contributed by atoms with Crippen molar-refractivity contribution in [3.8, 4) is 5.75 Å². The fourth-order valence-electron chi connectivity index (χ4n) is 2.36. The zero-order valence-corrected chi connectivity index (χ0v) is 16.3. The van der Waals surface area contributed by atoms with Crippen LogP contribution in [0.2, 0.25) is 0 Å². The fourth-order valence-corrected chi connectivity index (χ4v) is 2.81. The quantitative estimate of drug-likeness (QED) is 0.724. The van der Waals surface area contributed by atoms with E-state index in [0.29, 0.717) is 18.2 Å². The molecule has 3 rings (SSSR count). The van der Waals surface area contributed by atoms with E-state index in [9.17, 15) is 4.79 Å². The molecule has 2 aromatic carbocycles. The molecule has 0 bridgehead atoms. The second-order valence-corrected chi connectivity index (χ2v) is 6.88. The molecule has 136 valence electrons. The molecular weight excluding hydrogens is 398 g/mol. The highest BCUT2D eigenvalue weighted by molar-refractivity contribution is 9.10. The summed E-state index contributed by atoms with van der Waals surface area (Å²) in [5, 5.41) is 5.75. The Hall–Kier alpha value is -2.38. The minimum Gasteiger partial charge on any atom is -0.492 e. The van der Waals surface area contributed by atoms with Crippen LogP contribution in [0.5, 0.6) is 5.75 Å². The average molecular weight is 418 g/mol. The topological polar surface area (TPSA) is 54.4 Å². The number of carbonyl (C=O) groups is 1. The Morgan fingerprint density at radius 2 is 1.92 bits per heavy atom. The Balaban J connectivity index is 1.77. The number of ether oxygens (including phenoxy) is 2. The Morgan fingerprint density at radius 3 is 2.62 bits per heavy atom. The number of para-hydroxylation sites is 1. The third-order valence-corrected chi connectivity index (χ3v) is 4.42. The lowest BCUT2D eigenvalue weighted by atomic mass is 10.2. The summed E-state index contributed by atoms with van der Waals surface area (Å²) in [4.78, 5) is 14.3. The minimum absolute atomic E-state index is 0.0543. The van der Waals surface area contributed by atoms with E-state index in [4.69, 9.17) is 9.47 Å². The van der Waals surface area contributed by atoms with E-state index in [1.165, 1.54) is 5.01 Å². The number of amides is 1. The molecule has 7 heteroatoms. The summed E-state index contributed by atoms with van der Waals surface area (Å²) in [5.41, 5.74) is 1.47. The van der Waals surface area contributed by atoms with Crippen LogP contribution < -0.4 is 9.75 Å². The molecule has 1 aliphatic rings. The summed E-state index contributed by atoms with van der Waals surface area (Å²) in [6.45, 7) is 1.41. The van der Waals surface area contributed by atoms with E-state index in [1.807, 2.05) is 62.6 Å². The number of nitrogens with zero attached hydrogens (tertiary/aromatic N) is 3. The third kappa shape index (κ3) is 4.42. The number of hydrogen-bond acceptors (Lipinski definition) is 5. The summed E-state index contributed by atoms with van der Waals surface area (Å²) in [7, 11) is 4.01.